The Labute approximate surface area is 299 Å². The van der Waals surface area contributed by atoms with Gasteiger partial charge in [-0.3, -0.25) is 32.5 Å². The lowest BCUT2D eigenvalue weighted by atomic mass is 9.87. The Balaban J connectivity index is 1.54. The number of aliphatic hydroxyl groups is 2. The van der Waals surface area contributed by atoms with Gasteiger partial charge in [-0.05, 0) is 0 Å². The minimum Gasteiger partial charge on any atom is -0.386 e. The summed E-state index contributed by atoms with van der Waals surface area (Å²) in [6.45, 7) is 2.24. The highest BCUT2D eigenvalue weighted by atomic mass is 32.2. The molecule has 7 atom stereocenters. The van der Waals surface area contributed by atoms with E-state index in [-0.39, 0.29) is 41.6 Å². The van der Waals surface area contributed by atoms with Gasteiger partial charge in [0.2, 0.25) is 11.8 Å². The molecule has 1 aliphatic rings. The Hall–Kier alpha value is -2.44. The van der Waals surface area contributed by atoms with E-state index in [1.165, 1.54) is 13.8 Å². The first-order chi connectivity index (χ1) is 24.1. The predicted octanol–water partition coefficient (Wildman–Crippen LogP) is -0.925. The number of nitrogen functional groups attached to an aromatic ring is 1. The number of imidazole rings is 1. The molecule has 1 saturated heterocycles. The number of amides is 2. The number of nitrogens with two attached hydrogens (primary N) is 1. The summed E-state index contributed by atoms with van der Waals surface area (Å²) >= 11 is 1.07. The van der Waals surface area contributed by atoms with Crippen molar-refractivity contribution in [3.05, 3.63) is 12.7 Å². The second-order valence-electron chi connectivity index (χ2n) is 11.6. The van der Waals surface area contributed by atoms with Gasteiger partial charge in [0.05, 0.1) is 19.5 Å². The SMILES string of the molecule is CCC(=O)SCCNC(=O)CCNC(=O)[C@H](O)C(C)(C)COP(=O)(O)OP(=O)(O)OC[C@H]1O[C@@H](n2cnc3c(N)ncnc32)C(O)[C@H]1OP(=O)(O)O. The second-order valence-corrected chi connectivity index (χ2v) is 17.0. The highest BCUT2D eigenvalue weighted by Crippen LogP contribution is 2.61. The Bertz CT molecular complexity index is 1730. The van der Waals surface area contributed by atoms with Crippen LogP contribution in [-0.2, 0) is 50.7 Å². The minimum atomic E-state index is -5.56. The minimum absolute atomic E-state index is 0.0221. The van der Waals surface area contributed by atoms with Gasteiger partial charge >= 0.3 is 23.5 Å². The molecule has 0 saturated carbocycles. The number of anilines is 1. The Morgan fingerprint density at radius 3 is 2.40 bits per heavy atom. The van der Waals surface area contributed by atoms with Crippen LogP contribution in [-0.4, -0.2) is 123 Å². The summed E-state index contributed by atoms with van der Waals surface area (Å²) in [6.07, 6.45) is -6.52. The van der Waals surface area contributed by atoms with E-state index in [0.717, 1.165) is 29.0 Å². The summed E-state index contributed by atoms with van der Waals surface area (Å²) in [5.74, 6) is -1.07. The van der Waals surface area contributed by atoms with Crippen LogP contribution >= 0.6 is 35.2 Å². The molecule has 2 amide bonds. The van der Waals surface area contributed by atoms with Crippen LogP contribution in [0.15, 0.2) is 12.7 Å². The Morgan fingerprint density at radius 2 is 1.75 bits per heavy atom. The number of carbonyl (C=O) groups is 3. The van der Waals surface area contributed by atoms with Gasteiger partial charge in [0.15, 0.2) is 22.8 Å². The highest BCUT2D eigenvalue weighted by molar-refractivity contribution is 8.13. The van der Waals surface area contributed by atoms with Gasteiger partial charge in [0.25, 0.3) is 0 Å². The number of thioether (sulfide) groups is 1. The molecule has 294 valence electrons. The van der Waals surface area contributed by atoms with Crippen LogP contribution < -0.4 is 16.4 Å². The van der Waals surface area contributed by atoms with Crippen LogP contribution in [0.1, 0.15) is 39.8 Å². The monoisotopic (exact) mass is 823 g/mol. The predicted molar refractivity (Wildman–Crippen MR) is 177 cm³/mol. The first-order valence-electron chi connectivity index (χ1n) is 15.1. The smallest absolute Gasteiger partial charge is 0.386 e. The van der Waals surface area contributed by atoms with E-state index < -0.39 is 84.6 Å². The fourth-order valence-electron chi connectivity index (χ4n) is 4.40. The zero-order valence-corrected chi connectivity index (χ0v) is 31.3. The third-order valence-electron chi connectivity index (χ3n) is 7.05. The van der Waals surface area contributed by atoms with Crippen molar-refractivity contribution < 1.29 is 80.5 Å². The zero-order chi connectivity index (χ0) is 39.1. The number of ether oxygens (including phenoxy) is 1. The second kappa shape index (κ2) is 18.3. The summed E-state index contributed by atoms with van der Waals surface area (Å²) in [5, 5.41) is 26.2. The number of aliphatic hydroxyl groups excluding tert-OH is 2. The Kier molecular flexibility index (Phi) is 15.4. The van der Waals surface area contributed by atoms with E-state index in [4.69, 9.17) is 19.5 Å². The molecule has 3 unspecified atom stereocenters. The molecule has 3 rings (SSSR count). The van der Waals surface area contributed by atoms with Crippen LogP contribution in [0, 0.1) is 5.41 Å². The molecule has 24 nitrogen and oxygen atoms in total. The van der Waals surface area contributed by atoms with Gasteiger partial charge in [0, 0.05) is 37.1 Å². The average molecular weight is 824 g/mol. The molecular weight excluding hydrogens is 783 g/mol. The summed E-state index contributed by atoms with van der Waals surface area (Å²) in [5.41, 5.74) is 4.26. The van der Waals surface area contributed by atoms with Crippen molar-refractivity contribution in [2.24, 2.45) is 5.41 Å². The standard InChI is InChI=1S/C24H40N7O17P3S/c1-4-15(33)52-8-7-26-14(32)5-6-27-22(36)19(35)24(2,3)10-45-51(42,43)48-50(40,41)44-9-13-18(47-49(37,38)39)17(34)23(46-13)31-12-30-16-20(25)28-11-29-21(16)31/h11-13,17-19,23,34-35H,4-10H2,1-3H3,(H,26,32)(H,27,36)(H,40,41)(H,42,43)(H2,25,28,29)(H2,37,38,39)/t13-,17?,18+,19+,23-/m1/s1. The maximum atomic E-state index is 12.6. The lowest BCUT2D eigenvalue weighted by Gasteiger charge is -2.30. The van der Waals surface area contributed by atoms with Crippen molar-refractivity contribution in [2.45, 2.75) is 64.3 Å². The lowest BCUT2D eigenvalue weighted by Crippen LogP contribution is -2.46. The number of phosphoric ester groups is 3. The number of hydrogen-bond acceptors (Lipinski definition) is 18. The lowest BCUT2D eigenvalue weighted by molar-refractivity contribution is -0.137. The largest absolute Gasteiger partial charge is 0.481 e. The van der Waals surface area contributed by atoms with Crippen molar-refractivity contribution >= 4 is 69.1 Å². The number of rotatable bonds is 20. The molecule has 10 N–H and O–H groups in total. The molecule has 0 aliphatic carbocycles. The van der Waals surface area contributed by atoms with Crippen molar-refractivity contribution in [3.8, 4) is 0 Å². The van der Waals surface area contributed by atoms with Crippen LogP contribution in [0.4, 0.5) is 5.82 Å². The number of nitrogens with zero attached hydrogens (tertiary/aromatic N) is 4. The first-order valence-corrected chi connectivity index (χ1v) is 20.6. The van der Waals surface area contributed by atoms with Gasteiger partial charge in [-0.2, -0.15) is 4.31 Å². The fraction of sp³-hybridized carbons (Fsp3) is 0.667. The summed E-state index contributed by atoms with van der Waals surface area (Å²) < 4.78 is 61.9. The number of fused-ring (bicyclic) bond motifs is 1. The van der Waals surface area contributed by atoms with Crippen molar-refractivity contribution in [2.75, 3.05) is 37.8 Å². The molecule has 0 spiro atoms. The number of nitrogens with one attached hydrogen (secondary N) is 2. The third-order valence-corrected chi connectivity index (χ3v) is 11.2. The Morgan fingerprint density at radius 1 is 1.08 bits per heavy atom. The molecule has 1 aliphatic heterocycles. The maximum absolute atomic E-state index is 12.6. The average Bonchev–Trinajstić information content (AvgIpc) is 3.60. The molecule has 52 heavy (non-hydrogen) atoms. The quantitative estimate of drug-likeness (QED) is 0.0575. The van der Waals surface area contributed by atoms with E-state index in [1.807, 2.05) is 0 Å². The van der Waals surface area contributed by atoms with Crippen LogP contribution in [0.25, 0.3) is 11.2 Å². The van der Waals surface area contributed by atoms with Crippen molar-refractivity contribution in [1.29, 1.82) is 0 Å². The normalized spacial score (nSPS) is 22.4. The van der Waals surface area contributed by atoms with Gasteiger partial charge in [-0.25, -0.2) is 28.6 Å². The van der Waals surface area contributed by atoms with E-state index in [9.17, 15) is 57.9 Å². The summed E-state index contributed by atoms with van der Waals surface area (Å²) in [4.78, 5) is 86.4. The van der Waals surface area contributed by atoms with Crippen molar-refractivity contribution in [3.63, 3.8) is 0 Å². The molecule has 0 radical (unpaired) electrons. The van der Waals surface area contributed by atoms with Gasteiger partial charge < -0.3 is 50.9 Å². The molecule has 0 aromatic carbocycles. The molecule has 0 bridgehead atoms. The molecule has 3 heterocycles. The van der Waals surface area contributed by atoms with Crippen LogP contribution in [0.3, 0.4) is 0 Å². The van der Waals surface area contributed by atoms with E-state index in [0.29, 0.717) is 12.2 Å². The summed E-state index contributed by atoms with van der Waals surface area (Å²) in [7, 11) is -16.4. The molecular formula is C24H40N7O17P3S. The number of aromatic nitrogens is 4. The number of carbonyl (C=O) groups excluding carboxylic acids is 3. The van der Waals surface area contributed by atoms with Crippen molar-refractivity contribution in [1.82, 2.24) is 30.2 Å². The fourth-order valence-corrected chi connectivity index (χ4v) is 7.86. The molecule has 1 fully saturated rings. The van der Waals surface area contributed by atoms with Gasteiger partial charge in [-0.1, -0.05) is 32.5 Å². The molecule has 28 heteroatoms. The van der Waals surface area contributed by atoms with E-state index in [1.54, 1.807) is 6.92 Å². The first kappa shape index (κ1) is 44.0. The zero-order valence-electron chi connectivity index (χ0n) is 27.8. The summed E-state index contributed by atoms with van der Waals surface area (Å²) in [6, 6.07) is 0. The third kappa shape index (κ3) is 12.9. The maximum Gasteiger partial charge on any atom is 0.481 e. The van der Waals surface area contributed by atoms with Crippen LogP contribution in [0.5, 0.6) is 0 Å². The van der Waals surface area contributed by atoms with Gasteiger partial charge in [0.1, 0.15) is 36.3 Å². The van der Waals surface area contributed by atoms with Crippen LogP contribution in [0.2, 0.25) is 0 Å². The molecule has 2 aromatic heterocycles. The van der Waals surface area contributed by atoms with Gasteiger partial charge in [-0.15, -0.1) is 0 Å². The topological polar surface area (TPSA) is 364 Å². The molecule has 2 aromatic rings. The highest BCUT2D eigenvalue weighted by Gasteiger charge is 2.50. The number of hydrogen-bond donors (Lipinski definition) is 9. The number of phosphoric acid groups is 3. The van der Waals surface area contributed by atoms with E-state index in [2.05, 4.69) is 34.4 Å². The van der Waals surface area contributed by atoms with E-state index >= 15 is 0 Å².